The molecular weight excluding hydrogens is 366 g/mol. The van der Waals surface area contributed by atoms with Gasteiger partial charge in [0.05, 0.1) is 23.6 Å². The molecule has 0 fully saturated rings. The van der Waals surface area contributed by atoms with Gasteiger partial charge in [-0.25, -0.2) is 0 Å². The van der Waals surface area contributed by atoms with Crippen LogP contribution < -0.4 is 5.32 Å². The van der Waals surface area contributed by atoms with Crippen LogP contribution in [0.25, 0.3) is 0 Å². The number of halogens is 1. The van der Waals surface area contributed by atoms with E-state index in [1.165, 1.54) is 5.56 Å². The van der Waals surface area contributed by atoms with Gasteiger partial charge in [-0.05, 0) is 43.7 Å². The maximum absolute atomic E-state index is 12.4. The van der Waals surface area contributed by atoms with E-state index < -0.39 is 0 Å². The predicted molar refractivity (Wildman–Crippen MR) is 99.3 cm³/mol. The zero-order chi connectivity index (χ0) is 17.1. The van der Waals surface area contributed by atoms with Crippen molar-refractivity contribution < 1.29 is 4.79 Å². The number of carbonyl (C=O) groups excluding carboxylic acids is 1. The molecule has 0 atom stereocenters. The molecule has 0 aliphatic carbocycles. The molecule has 0 saturated heterocycles. The minimum atomic E-state index is -0.132. The SMILES string of the molecule is Cc1nn(Cc2ccccc2)c(C)c1NC(=O)c1ccc(Br)cc1. The molecule has 1 N–H and O–H groups in total. The van der Waals surface area contributed by atoms with E-state index in [0.717, 1.165) is 21.5 Å². The maximum Gasteiger partial charge on any atom is 0.255 e. The molecule has 24 heavy (non-hydrogen) atoms. The van der Waals surface area contributed by atoms with Gasteiger partial charge in [-0.2, -0.15) is 5.10 Å². The Hall–Kier alpha value is -2.40. The van der Waals surface area contributed by atoms with E-state index in [1.807, 2.05) is 48.9 Å². The summed E-state index contributed by atoms with van der Waals surface area (Å²) in [4.78, 5) is 12.4. The van der Waals surface area contributed by atoms with Gasteiger partial charge in [-0.15, -0.1) is 0 Å². The first-order valence-corrected chi connectivity index (χ1v) is 8.49. The first-order chi connectivity index (χ1) is 11.5. The zero-order valence-electron chi connectivity index (χ0n) is 13.6. The highest BCUT2D eigenvalue weighted by atomic mass is 79.9. The minimum Gasteiger partial charge on any atom is -0.319 e. The minimum absolute atomic E-state index is 0.132. The van der Waals surface area contributed by atoms with E-state index in [0.29, 0.717) is 12.1 Å². The van der Waals surface area contributed by atoms with Crippen LogP contribution in [0.4, 0.5) is 5.69 Å². The van der Waals surface area contributed by atoms with Crippen molar-refractivity contribution in [1.82, 2.24) is 9.78 Å². The number of carbonyl (C=O) groups is 1. The first-order valence-electron chi connectivity index (χ1n) is 7.69. The lowest BCUT2D eigenvalue weighted by atomic mass is 10.2. The Bertz CT molecular complexity index is 854. The molecule has 122 valence electrons. The highest BCUT2D eigenvalue weighted by molar-refractivity contribution is 9.10. The Morgan fingerprint density at radius 1 is 1.08 bits per heavy atom. The molecule has 0 spiro atoms. The summed E-state index contributed by atoms with van der Waals surface area (Å²) < 4.78 is 2.86. The lowest BCUT2D eigenvalue weighted by Gasteiger charge is -2.07. The number of nitrogens with zero attached hydrogens (tertiary/aromatic N) is 2. The number of anilines is 1. The summed E-state index contributed by atoms with van der Waals surface area (Å²) in [7, 11) is 0. The number of amides is 1. The largest absolute Gasteiger partial charge is 0.319 e. The van der Waals surface area contributed by atoms with Crippen LogP contribution in [-0.2, 0) is 6.54 Å². The molecule has 1 aromatic heterocycles. The monoisotopic (exact) mass is 383 g/mol. The van der Waals surface area contributed by atoms with Crippen LogP contribution >= 0.6 is 15.9 Å². The summed E-state index contributed by atoms with van der Waals surface area (Å²) in [5.74, 6) is -0.132. The quantitative estimate of drug-likeness (QED) is 0.717. The van der Waals surface area contributed by atoms with Gasteiger partial charge in [0.2, 0.25) is 0 Å². The third-order valence-corrected chi connectivity index (χ3v) is 4.43. The van der Waals surface area contributed by atoms with Crippen LogP contribution in [0.5, 0.6) is 0 Å². The second-order valence-electron chi connectivity index (χ2n) is 5.65. The molecule has 1 heterocycles. The van der Waals surface area contributed by atoms with Crippen LogP contribution in [0.2, 0.25) is 0 Å². The van der Waals surface area contributed by atoms with Gasteiger partial charge < -0.3 is 5.32 Å². The first kappa shape index (κ1) is 16.5. The van der Waals surface area contributed by atoms with Crippen LogP contribution in [-0.4, -0.2) is 15.7 Å². The number of nitrogens with one attached hydrogen (secondary N) is 1. The van der Waals surface area contributed by atoms with Crippen molar-refractivity contribution in [2.45, 2.75) is 20.4 Å². The van der Waals surface area contributed by atoms with E-state index in [-0.39, 0.29) is 5.91 Å². The van der Waals surface area contributed by atoms with Gasteiger partial charge in [0.1, 0.15) is 0 Å². The summed E-state index contributed by atoms with van der Waals surface area (Å²) in [6.45, 7) is 4.56. The van der Waals surface area contributed by atoms with E-state index in [2.05, 4.69) is 38.5 Å². The molecule has 5 heteroatoms. The Kier molecular flexibility index (Phi) is 4.81. The highest BCUT2D eigenvalue weighted by Gasteiger charge is 2.15. The summed E-state index contributed by atoms with van der Waals surface area (Å²) in [5.41, 5.74) is 4.33. The summed E-state index contributed by atoms with van der Waals surface area (Å²) in [6, 6.07) is 17.4. The average molecular weight is 384 g/mol. The lowest BCUT2D eigenvalue weighted by molar-refractivity contribution is 0.102. The van der Waals surface area contributed by atoms with Crippen molar-refractivity contribution >= 4 is 27.5 Å². The highest BCUT2D eigenvalue weighted by Crippen LogP contribution is 2.21. The third kappa shape index (κ3) is 3.57. The summed E-state index contributed by atoms with van der Waals surface area (Å²) in [5, 5.41) is 7.54. The Morgan fingerprint density at radius 2 is 1.75 bits per heavy atom. The van der Waals surface area contributed by atoms with E-state index in [4.69, 9.17) is 0 Å². The Labute approximate surface area is 149 Å². The Morgan fingerprint density at radius 3 is 2.42 bits per heavy atom. The second kappa shape index (κ2) is 7.01. The molecule has 3 rings (SSSR count). The molecule has 4 nitrogen and oxygen atoms in total. The van der Waals surface area contributed by atoms with Crippen molar-refractivity contribution in [3.8, 4) is 0 Å². The van der Waals surface area contributed by atoms with Gasteiger partial charge in [0, 0.05) is 10.0 Å². The van der Waals surface area contributed by atoms with E-state index in [9.17, 15) is 4.79 Å². The number of aryl methyl sites for hydroxylation is 1. The van der Waals surface area contributed by atoms with E-state index in [1.54, 1.807) is 12.1 Å². The van der Waals surface area contributed by atoms with Gasteiger partial charge in [-0.1, -0.05) is 46.3 Å². The van der Waals surface area contributed by atoms with Crippen LogP contribution in [0.3, 0.4) is 0 Å². The molecule has 0 aliphatic rings. The molecule has 0 radical (unpaired) electrons. The van der Waals surface area contributed by atoms with Crippen molar-refractivity contribution in [1.29, 1.82) is 0 Å². The fourth-order valence-electron chi connectivity index (χ4n) is 2.58. The number of hydrogen-bond donors (Lipinski definition) is 1. The molecule has 2 aromatic carbocycles. The normalized spacial score (nSPS) is 10.6. The van der Waals surface area contributed by atoms with Crippen LogP contribution in [0.15, 0.2) is 59.1 Å². The fraction of sp³-hybridized carbons (Fsp3) is 0.158. The molecule has 0 bridgehead atoms. The fourth-order valence-corrected chi connectivity index (χ4v) is 2.84. The van der Waals surface area contributed by atoms with Crippen molar-refractivity contribution in [3.05, 3.63) is 81.6 Å². The van der Waals surface area contributed by atoms with Gasteiger partial charge in [-0.3, -0.25) is 9.48 Å². The van der Waals surface area contributed by atoms with Crippen LogP contribution in [0.1, 0.15) is 27.3 Å². The molecule has 0 aliphatic heterocycles. The van der Waals surface area contributed by atoms with Crippen LogP contribution in [0, 0.1) is 13.8 Å². The van der Waals surface area contributed by atoms with Crippen molar-refractivity contribution in [3.63, 3.8) is 0 Å². The number of rotatable bonds is 4. The second-order valence-corrected chi connectivity index (χ2v) is 6.57. The topological polar surface area (TPSA) is 46.9 Å². The number of hydrogen-bond acceptors (Lipinski definition) is 2. The third-order valence-electron chi connectivity index (χ3n) is 3.90. The zero-order valence-corrected chi connectivity index (χ0v) is 15.2. The molecule has 0 unspecified atom stereocenters. The molecule has 1 amide bonds. The standard InChI is InChI=1S/C19H18BrN3O/c1-13-18(21-19(24)16-8-10-17(20)11-9-16)14(2)23(22-13)12-15-6-4-3-5-7-15/h3-11H,12H2,1-2H3,(H,21,24). The summed E-state index contributed by atoms with van der Waals surface area (Å²) in [6.07, 6.45) is 0. The predicted octanol–water partition coefficient (Wildman–Crippen LogP) is 4.56. The number of aromatic nitrogens is 2. The summed E-state index contributed by atoms with van der Waals surface area (Å²) >= 11 is 3.37. The van der Waals surface area contributed by atoms with Crippen molar-refractivity contribution in [2.24, 2.45) is 0 Å². The molecule has 3 aromatic rings. The average Bonchev–Trinajstić information content (AvgIpc) is 2.84. The molecular formula is C19H18BrN3O. The van der Waals surface area contributed by atoms with Crippen molar-refractivity contribution in [2.75, 3.05) is 5.32 Å². The smallest absolute Gasteiger partial charge is 0.255 e. The lowest BCUT2D eigenvalue weighted by Crippen LogP contribution is -2.13. The van der Waals surface area contributed by atoms with Gasteiger partial charge >= 0.3 is 0 Å². The number of benzene rings is 2. The van der Waals surface area contributed by atoms with Gasteiger partial charge in [0.25, 0.3) is 5.91 Å². The van der Waals surface area contributed by atoms with E-state index >= 15 is 0 Å². The maximum atomic E-state index is 12.4. The van der Waals surface area contributed by atoms with Gasteiger partial charge in [0.15, 0.2) is 0 Å². The Balaban J connectivity index is 1.81. The molecule has 0 saturated carbocycles.